The van der Waals surface area contributed by atoms with Crippen molar-refractivity contribution in [1.82, 2.24) is 19.5 Å². The molecule has 1 saturated heterocycles. The zero-order valence-corrected chi connectivity index (χ0v) is 9.63. The number of fused-ring (bicyclic) bond motifs is 1. The molecule has 0 amide bonds. The maximum atomic E-state index is 9.93. The van der Waals surface area contributed by atoms with E-state index in [9.17, 15) is 10.2 Å². The summed E-state index contributed by atoms with van der Waals surface area (Å²) in [5, 5.41) is 19.6. The molecule has 2 aromatic rings. The normalized spacial score (nSPS) is 32.2. The number of ether oxygens (including phenoxy) is 1. The highest BCUT2D eigenvalue weighted by Gasteiger charge is 2.41. The van der Waals surface area contributed by atoms with Crippen LogP contribution in [-0.4, -0.2) is 48.0 Å². The highest BCUT2D eigenvalue weighted by Crippen LogP contribution is 2.31. The molecule has 1 aliphatic rings. The molecule has 4 N–H and O–H groups in total. The molecule has 4 atom stereocenters. The van der Waals surface area contributed by atoms with E-state index in [1.807, 2.05) is 0 Å². The maximum absolute atomic E-state index is 9.93. The maximum Gasteiger partial charge on any atom is 0.167 e. The second kappa shape index (κ2) is 3.87. The third-order valence-electron chi connectivity index (χ3n) is 3.14. The molecule has 0 saturated carbocycles. The molecule has 0 spiro atoms. The second-order valence-electron chi connectivity index (χ2n) is 4.30. The predicted octanol–water partition coefficient (Wildman–Crippen LogP) is -0.952. The number of imidazole rings is 1. The lowest BCUT2D eigenvalue weighted by atomic mass is 10.1. The molecule has 18 heavy (non-hydrogen) atoms. The van der Waals surface area contributed by atoms with Gasteiger partial charge < -0.3 is 20.7 Å². The Labute approximate surface area is 102 Å². The van der Waals surface area contributed by atoms with Crippen molar-refractivity contribution in [2.45, 2.75) is 31.5 Å². The number of hydrogen-bond acceptors (Lipinski definition) is 7. The Balaban J connectivity index is 2.08. The molecule has 3 rings (SSSR count). The molecule has 8 nitrogen and oxygen atoms in total. The van der Waals surface area contributed by atoms with Crippen LogP contribution in [0.3, 0.4) is 0 Å². The van der Waals surface area contributed by atoms with E-state index in [-0.39, 0.29) is 5.82 Å². The minimum Gasteiger partial charge on any atom is -0.388 e. The third-order valence-corrected chi connectivity index (χ3v) is 3.14. The fraction of sp³-hybridized carbons (Fsp3) is 0.500. The van der Waals surface area contributed by atoms with E-state index in [1.54, 1.807) is 11.5 Å². The molecule has 2 aromatic heterocycles. The summed E-state index contributed by atoms with van der Waals surface area (Å²) in [5.41, 5.74) is 6.59. The summed E-state index contributed by atoms with van der Waals surface area (Å²) < 4.78 is 7.05. The number of aromatic nitrogens is 4. The molecule has 0 bridgehead atoms. The molecule has 3 unspecified atom stereocenters. The molecular weight excluding hydrogens is 238 g/mol. The van der Waals surface area contributed by atoms with Crippen LogP contribution in [0, 0.1) is 0 Å². The van der Waals surface area contributed by atoms with Gasteiger partial charge >= 0.3 is 0 Å². The van der Waals surface area contributed by atoms with Crippen LogP contribution in [0.5, 0.6) is 0 Å². The van der Waals surface area contributed by atoms with Crippen molar-refractivity contribution < 1.29 is 14.9 Å². The fourth-order valence-corrected chi connectivity index (χ4v) is 2.11. The highest BCUT2D eigenvalue weighted by atomic mass is 16.6. The molecule has 1 aliphatic heterocycles. The lowest BCUT2D eigenvalue weighted by molar-refractivity contribution is -0.0299. The topological polar surface area (TPSA) is 119 Å². The van der Waals surface area contributed by atoms with E-state index in [0.29, 0.717) is 11.2 Å². The number of hydrogen-bond donors (Lipinski definition) is 3. The van der Waals surface area contributed by atoms with Crippen LogP contribution >= 0.6 is 0 Å². The van der Waals surface area contributed by atoms with E-state index >= 15 is 0 Å². The highest BCUT2D eigenvalue weighted by molar-refractivity contribution is 5.81. The van der Waals surface area contributed by atoms with Crippen molar-refractivity contribution in [2.24, 2.45) is 0 Å². The minimum atomic E-state index is -1.03. The van der Waals surface area contributed by atoms with Crippen molar-refractivity contribution in [3.8, 4) is 0 Å². The largest absolute Gasteiger partial charge is 0.388 e. The monoisotopic (exact) mass is 251 g/mol. The molecule has 3 heterocycles. The zero-order chi connectivity index (χ0) is 12.9. The summed E-state index contributed by atoms with van der Waals surface area (Å²) in [6.45, 7) is 1.69. The standard InChI is InChI=1S/C10H13N5O3/c1-4-6(16)7(17)10(18-4)15-3-14-5-8(11)12-2-13-9(5)15/h2-4,6-7,10,16-17H,1H3,(H2,11,12,13)/t4?,6-,7?,10?/m1/s1. The average Bonchev–Trinajstić information content (AvgIpc) is 2.88. The first-order valence-corrected chi connectivity index (χ1v) is 5.54. The van der Waals surface area contributed by atoms with Crippen LogP contribution in [0.1, 0.15) is 13.2 Å². The summed E-state index contributed by atoms with van der Waals surface area (Å²) in [7, 11) is 0. The Hall–Kier alpha value is -1.77. The SMILES string of the molecule is CC1OC(n2cnc3c(N)ncnc32)C(O)[C@@H]1O. The van der Waals surface area contributed by atoms with Crippen LogP contribution < -0.4 is 5.73 Å². The first-order valence-electron chi connectivity index (χ1n) is 5.54. The molecule has 1 fully saturated rings. The third kappa shape index (κ3) is 1.47. The quantitative estimate of drug-likeness (QED) is 0.597. The van der Waals surface area contributed by atoms with Gasteiger partial charge in [0.1, 0.15) is 24.1 Å². The average molecular weight is 251 g/mol. The van der Waals surface area contributed by atoms with Gasteiger partial charge in [-0.3, -0.25) is 4.57 Å². The lowest BCUT2D eigenvalue weighted by Gasteiger charge is -2.16. The number of nitrogens with two attached hydrogens (primary N) is 1. The molecule has 0 aromatic carbocycles. The van der Waals surface area contributed by atoms with Crippen molar-refractivity contribution in [2.75, 3.05) is 5.73 Å². The van der Waals surface area contributed by atoms with Gasteiger partial charge in [-0.25, -0.2) is 15.0 Å². The number of nitrogens with zero attached hydrogens (tertiary/aromatic N) is 4. The number of aliphatic hydroxyl groups excluding tert-OH is 2. The first kappa shape index (κ1) is 11.3. The summed E-state index contributed by atoms with van der Waals surface area (Å²) in [6.07, 6.45) is -0.373. The van der Waals surface area contributed by atoms with Gasteiger partial charge in [0, 0.05) is 0 Å². The number of aliphatic hydroxyl groups is 2. The number of rotatable bonds is 1. The Morgan fingerprint density at radius 3 is 2.72 bits per heavy atom. The van der Waals surface area contributed by atoms with E-state index in [2.05, 4.69) is 15.0 Å². The second-order valence-corrected chi connectivity index (χ2v) is 4.30. The van der Waals surface area contributed by atoms with Gasteiger partial charge in [0.25, 0.3) is 0 Å². The number of nitrogen functional groups attached to an aromatic ring is 1. The van der Waals surface area contributed by atoms with E-state index < -0.39 is 24.5 Å². The van der Waals surface area contributed by atoms with E-state index in [4.69, 9.17) is 10.5 Å². The lowest BCUT2D eigenvalue weighted by Crippen LogP contribution is -2.30. The molecule has 0 radical (unpaired) electrons. The molecule has 0 aliphatic carbocycles. The summed E-state index contributed by atoms with van der Waals surface area (Å²) in [5.74, 6) is 0.264. The van der Waals surface area contributed by atoms with E-state index in [1.165, 1.54) is 12.7 Å². The van der Waals surface area contributed by atoms with Gasteiger partial charge in [-0.05, 0) is 6.92 Å². The van der Waals surface area contributed by atoms with Gasteiger partial charge in [0.05, 0.1) is 12.4 Å². The smallest absolute Gasteiger partial charge is 0.167 e. The molecule has 96 valence electrons. The Kier molecular flexibility index (Phi) is 2.44. The molecule has 8 heteroatoms. The predicted molar refractivity (Wildman–Crippen MR) is 61.3 cm³/mol. The van der Waals surface area contributed by atoms with Gasteiger partial charge in [0.15, 0.2) is 17.7 Å². The van der Waals surface area contributed by atoms with Crippen LogP contribution in [-0.2, 0) is 4.74 Å². The van der Waals surface area contributed by atoms with Gasteiger partial charge in [-0.15, -0.1) is 0 Å². The van der Waals surface area contributed by atoms with Gasteiger partial charge in [-0.1, -0.05) is 0 Å². The van der Waals surface area contributed by atoms with E-state index in [0.717, 1.165) is 0 Å². The number of anilines is 1. The summed E-state index contributed by atoms with van der Waals surface area (Å²) in [4.78, 5) is 12.0. The Morgan fingerprint density at radius 2 is 2.06 bits per heavy atom. The summed E-state index contributed by atoms with van der Waals surface area (Å²) in [6, 6.07) is 0. The summed E-state index contributed by atoms with van der Waals surface area (Å²) >= 11 is 0. The van der Waals surface area contributed by atoms with Crippen LogP contribution in [0.15, 0.2) is 12.7 Å². The Morgan fingerprint density at radius 1 is 1.28 bits per heavy atom. The van der Waals surface area contributed by atoms with Gasteiger partial charge in [0.2, 0.25) is 0 Å². The van der Waals surface area contributed by atoms with Crippen molar-refractivity contribution in [3.05, 3.63) is 12.7 Å². The van der Waals surface area contributed by atoms with Crippen molar-refractivity contribution in [3.63, 3.8) is 0 Å². The Bertz CT molecular complexity index is 586. The zero-order valence-electron chi connectivity index (χ0n) is 9.63. The fourth-order valence-electron chi connectivity index (χ4n) is 2.11. The first-order chi connectivity index (χ1) is 8.59. The van der Waals surface area contributed by atoms with Crippen molar-refractivity contribution >= 4 is 17.0 Å². The minimum absolute atomic E-state index is 0.264. The van der Waals surface area contributed by atoms with Crippen molar-refractivity contribution in [1.29, 1.82) is 0 Å². The van der Waals surface area contributed by atoms with Crippen LogP contribution in [0.25, 0.3) is 11.2 Å². The van der Waals surface area contributed by atoms with Gasteiger partial charge in [-0.2, -0.15) is 0 Å². The van der Waals surface area contributed by atoms with Crippen LogP contribution in [0.2, 0.25) is 0 Å². The molecular formula is C10H13N5O3. The van der Waals surface area contributed by atoms with Crippen LogP contribution in [0.4, 0.5) is 5.82 Å².